The molecule has 0 aromatic heterocycles. The van der Waals surface area contributed by atoms with Gasteiger partial charge in [-0.1, -0.05) is 42.5 Å². The molecule has 5 heteroatoms. The Morgan fingerprint density at radius 3 is 2.70 bits per heavy atom. The summed E-state index contributed by atoms with van der Waals surface area (Å²) >= 11 is 1.59. The summed E-state index contributed by atoms with van der Waals surface area (Å²) in [4.78, 5) is 25.3. The van der Waals surface area contributed by atoms with Crippen molar-refractivity contribution in [2.24, 2.45) is 5.92 Å². The van der Waals surface area contributed by atoms with Crippen LogP contribution in [-0.2, 0) is 20.9 Å². The van der Waals surface area contributed by atoms with E-state index in [4.69, 9.17) is 4.74 Å². The maximum absolute atomic E-state index is 12.3. The fourth-order valence-electron chi connectivity index (χ4n) is 2.35. The molecule has 2 aromatic rings. The summed E-state index contributed by atoms with van der Waals surface area (Å²) in [6, 6.07) is 17.2. The van der Waals surface area contributed by atoms with Gasteiger partial charge in [0.2, 0.25) is 5.91 Å². The minimum atomic E-state index is -0.379. The number of nitrogens with one attached hydrogen (secondary N) is 1. The van der Waals surface area contributed by atoms with Gasteiger partial charge in [-0.25, -0.2) is 0 Å². The van der Waals surface area contributed by atoms with E-state index >= 15 is 0 Å². The molecule has 1 heterocycles. The Bertz CT molecular complexity index is 702. The highest BCUT2D eigenvalue weighted by Crippen LogP contribution is 2.33. The molecule has 1 aliphatic rings. The third kappa shape index (κ3) is 4.13. The number of carbonyl (C=O) groups excluding carboxylic acids is 2. The molecule has 0 spiro atoms. The van der Waals surface area contributed by atoms with Crippen LogP contribution in [0.25, 0.3) is 0 Å². The molecular formula is C18H17NO3S. The van der Waals surface area contributed by atoms with Crippen molar-refractivity contribution in [1.29, 1.82) is 0 Å². The summed E-state index contributed by atoms with van der Waals surface area (Å²) in [5.74, 6) is -0.279. The van der Waals surface area contributed by atoms with E-state index < -0.39 is 0 Å². The first-order valence-corrected chi connectivity index (χ1v) is 8.43. The highest BCUT2D eigenvalue weighted by molar-refractivity contribution is 7.99. The van der Waals surface area contributed by atoms with Gasteiger partial charge in [-0.05, 0) is 17.7 Å². The van der Waals surface area contributed by atoms with Crippen molar-refractivity contribution >= 4 is 29.3 Å². The maximum atomic E-state index is 12.3. The fraction of sp³-hybridized carbons (Fsp3) is 0.222. The normalized spacial score (nSPS) is 16.9. The van der Waals surface area contributed by atoms with Crippen LogP contribution in [0.4, 0.5) is 5.69 Å². The molecule has 0 saturated carbocycles. The highest BCUT2D eigenvalue weighted by atomic mass is 32.2. The first-order valence-electron chi connectivity index (χ1n) is 7.44. The zero-order valence-corrected chi connectivity index (χ0v) is 13.3. The van der Waals surface area contributed by atoms with Gasteiger partial charge in [-0.15, -0.1) is 11.8 Å². The highest BCUT2D eigenvalue weighted by Gasteiger charge is 2.26. The topological polar surface area (TPSA) is 55.4 Å². The van der Waals surface area contributed by atoms with Crippen molar-refractivity contribution in [2.75, 3.05) is 11.1 Å². The molecule has 0 radical (unpaired) electrons. The Hall–Kier alpha value is -2.27. The number of esters is 1. The van der Waals surface area contributed by atoms with Gasteiger partial charge in [-0.3, -0.25) is 9.59 Å². The zero-order valence-electron chi connectivity index (χ0n) is 12.5. The number of ether oxygens (including phenoxy) is 1. The molecule has 1 N–H and O–H groups in total. The third-order valence-electron chi connectivity index (χ3n) is 3.61. The van der Waals surface area contributed by atoms with Crippen molar-refractivity contribution in [3.8, 4) is 0 Å². The lowest BCUT2D eigenvalue weighted by Gasteiger charge is -2.12. The summed E-state index contributed by atoms with van der Waals surface area (Å²) < 4.78 is 5.27. The Labute approximate surface area is 139 Å². The molecule has 3 rings (SSSR count). The summed E-state index contributed by atoms with van der Waals surface area (Å²) in [6.07, 6.45) is 0.0969. The van der Waals surface area contributed by atoms with Crippen LogP contribution in [0.5, 0.6) is 0 Å². The number of thioether (sulfide) groups is 1. The van der Waals surface area contributed by atoms with Crippen molar-refractivity contribution in [2.45, 2.75) is 17.9 Å². The Morgan fingerprint density at radius 2 is 1.87 bits per heavy atom. The molecule has 23 heavy (non-hydrogen) atoms. The van der Waals surface area contributed by atoms with Crippen LogP contribution >= 0.6 is 11.8 Å². The van der Waals surface area contributed by atoms with E-state index in [9.17, 15) is 9.59 Å². The van der Waals surface area contributed by atoms with Crippen molar-refractivity contribution in [3.63, 3.8) is 0 Å². The molecule has 2 aromatic carbocycles. The van der Waals surface area contributed by atoms with E-state index in [0.29, 0.717) is 5.75 Å². The first-order chi connectivity index (χ1) is 11.2. The number of amides is 1. The third-order valence-corrected chi connectivity index (χ3v) is 4.85. The molecule has 118 valence electrons. The average molecular weight is 327 g/mol. The van der Waals surface area contributed by atoms with Gasteiger partial charge in [0.15, 0.2) is 0 Å². The minimum Gasteiger partial charge on any atom is -0.461 e. The lowest BCUT2D eigenvalue weighted by Crippen LogP contribution is -2.26. The van der Waals surface area contributed by atoms with Crippen LogP contribution in [-0.4, -0.2) is 17.6 Å². The van der Waals surface area contributed by atoms with Crippen molar-refractivity contribution in [3.05, 3.63) is 60.2 Å². The van der Waals surface area contributed by atoms with Gasteiger partial charge in [0.05, 0.1) is 18.0 Å². The van der Waals surface area contributed by atoms with Crippen LogP contribution in [0.2, 0.25) is 0 Å². The van der Waals surface area contributed by atoms with Crippen LogP contribution in [0, 0.1) is 5.92 Å². The maximum Gasteiger partial charge on any atom is 0.306 e. The standard InChI is InChI=1S/C18H17NO3S/c20-17(22-11-13-6-2-1-3-7-13)10-14-12-23-16-9-5-4-8-15(16)19-18(14)21/h1-9,14H,10-12H2,(H,19,21)/t14-/m0/s1. The van der Waals surface area contributed by atoms with Gasteiger partial charge in [0.25, 0.3) is 0 Å². The number of rotatable bonds is 4. The second-order valence-electron chi connectivity index (χ2n) is 5.34. The number of carbonyl (C=O) groups is 2. The molecule has 0 fully saturated rings. The molecular weight excluding hydrogens is 310 g/mol. The molecule has 1 atom stereocenters. The number of hydrogen-bond donors (Lipinski definition) is 1. The van der Waals surface area contributed by atoms with Crippen LogP contribution < -0.4 is 5.32 Å². The van der Waals surface area contributed by atoms with Crippen LogP contribution in [0.1, 0.15) is 12.0 Å². The van der Waals surface area contributed by atoms with E-state index in [0.717, 1.165) is 16.1 Å². The molecule has 1 aliphatic heterocycles. The number of benzene rings is 2. The SMILES string of the molecule is O=C(C[C@H]1CSc2ccccc2NC1=O)OCc1ccccc1. The monoisotopic (exact) mass is 327 g/mol. The molecule has 0 aliphatic carbocycles. The van der Waals surface area contributed by atoms with Gasteiger partial charge in [0.1, 0.15) is 6.61 Å². The number of fused-ring (bicyclic) bond motifs is 1. The van der Waals surface area contributed by atoms with E-state index in [2.05, 4.69) is 5.32 Å². The predicted molar refractivity (Wildman–Crippen MR) is 90.1 cm³/mol. The van der Waals surface area contributed by atoms with E-state index in [1.54, 1.807) is 11.8 Å². The van der Waals surface area contributed by atoms with E-state index in [-0.39, 0.29) is 30.8 Å². The number of anilines is 1. The smallest absolute Gasteiger partial charge is 0.306 e. The molecule has 1 amide bonds. The van der Waals surface area contributed by atoms with Crippen LogP contribution in [0.3, 0.4) is 0 Å². The lowest BCUT2D eigenvalue weighted by atomic mass is 10.1. The summed E-state index contributed by atoms with van der Waals surface area (Å²) in [7, 11) is 0. The largest absolute Gasteiger partial charge is 0.461 e. The Kier molecular flexibility index (Phi) is 4.98. The van der Waals surface area contributed by atoms with E-state index in [1.165, 1.54) is 0 Å². The Morgan fingerprint density at radius 1 is 1.13 bits per heavy atom. The minimum absolute atomic E-state index is 0.0969. The second kappa shape index (κ2) is 7.33. The molecule has 0 saturated heterocycles. The fourth-order valence-corrected chi connectivity index (χ4v) is 3.45. The molecule has 0 unspecified atom stereocenters. The van der Waals surface area contributed by atoms with Crippen LogP contribution in [0.15, 0.2) is 59.5 Å². The first kappa shape index (κ1) is 15.6. The zero-order chi connectivity index (χ0) is 16.1. The molecule has 4 nitrogen and oxygen atoms in total. The second-order valence-corrected chi connectivity index (χ2v) is 6.41. The van der Waals surface area contributed by atoms with Crippen molar-refractivity contribution < 1.29 is 14.3 Å². The summed E-state index contributed by atoms with van der Waals surface area (Å²) in [5.41, 5.74) is 1.75. The van der Waals surface area contributed by atoms with Gasteiger partial charge in [0, 0.05) is 10.6 Å². The average Bonchev–Trinajstić information content (AvgIpc) is 2.73. The summed E-state index contributed by atoms with van der Waals surface area (Å²) in [6.45, 7) is 0.237. The van der Waals surface area contributed by atoms with Crippen molar-refractivity contribution in [1.82, 2.24) is 0 Å². The van der Waals surface area contributed by atoms with Gasteiger partial charge >= 0.3 is 5.97 Å². The lowest BCUT2D eigenvalue weighted by molar-refractivity contribution is -0.147. The summed E-state index contributed by atoms with van der Waals surface area (Å²) in [5, 5.41) is 2.88. The predicted octanol–water partition coefficient (Wildman–Crippen LogP) is 3.48. The number of para-hydroxylation sites is 1. The Balaban J connectivity index is 1.56. The van der Waals surface area contributed by atoms with Gasteiger partial charge < -0.3 is 10.1 Å². The quantitative estimate of drug-likeness (QED) is 0.874. The van der Waals surface area contributed by atoms with E-state index in [1.807, 2.05) is 54.6 Å². The number of hydrogen-bond acceptors (Lipinski definition) is 4. The molecule has 0 bridgehead atoms. The van der Waals surface area contributed by atoms with Gasteiger partial charge in [-0.2, -0.15) is 0 Å².